The highest BCUT2D eigenvalue weighted by Gasteiger charge is 2.42. The summed E-state index contributed by atoms with van der Waals surface area (Å²) in [7, 11) is 1.85. The van der Waals surface area contributed by atoms with Gasteiger partial charge in [0.2, 0.25) is 0 Å². The molecule has 1 atom stereocenters. The number of nitrogens with zero attached hydrogens (tertiary/aromatic N) is 1. The van der Waals surface area contributed by atoms with Crippen LogP contribution in [0.2, 0.25) is 0 Å². The third-order valence-electron chi connectivity index (χ3n) is 4.25. The van der Waals surface area contributed by atoms with E-state index in [4.69, 9.17) is 4.74 Å². The molecule has 1 N–H and O–H groups in total. The van der Waals surface area contributed by atoms with Crippen molar-refractivity contribution in [2.24, 2.45) is 0 Å². The molecule has 3 nitrogen and oxygen atoms in total. The van der Waals surface area contributed by atoms with Gasteiger partial charge in [0.05, 0.1) is 11.6 Å². The molecule has 0 saturated heterocycles. The van der Waals surface area contributed by atoms with Crippen molar-refractivity contribution < 1.29 is 4.74 Å². The van der Waals surface area contributed by atoms with E-state index in [9.17, 15) is 0 Å². The summed E-state index contributed by atoms with van der Waals surface area (Å²) in [6, 6.07) is 4.54. The van der Waals surface area contributed by atoms with Crippen LogP contribution in [0.4, 0.5) is 0 Å². The van der Waals surface area contributed by atoms with E-state index in [1.54, 1.807) is 0 Å². The van der Waals surface area contributed by atoms with Gasteiger partial charge in [-0.2, -0.15) is 0 Å². The summed E-state index contributed by atoms with van der Waals surface area (Å²) in [5.41, 5.74) is 2.27. The molecule has 0 aromatic carbocycles. The van der Waals surface area contributed by atoms with Gasteiger partial charge >= 0.3 is 0 Å². The van der Waals surface area contributed by atoms with Crippen LogP contribution in [0.15, 0.2) is 18.3 Å². The van der Waals surface area contributed by atoms with Crippen LogP contribution >= 0.6 is 0 Å². The Kier molecular flexibility index (Phi) is 4.94. The van der Waals surface area contributed by atoms with Gasteiger partial charge in [0.15, 0.2) is 0 Å². The van der Waals surface area contributed by atoms with Crippen LogP contribution < -0.4 is 5.32 Å². The molecule has 1 fully saturated rings. The van der Waals surface area contributed by atoms with Crippen molar-refractivity contribution in [2.75, 3.05) is 13.7 Å². The van der Waals surface area contributed by atoms with Gasteiger partial charge in [0, 0.05) is 19.0 Å². The third-order valence-corrected chi connectivity index (χ3v) is 4.25. The summed E-state index contributed by atoms with van der Waals surface area (Å²) in [5, 5.41) is 3.67. The summed E-state index contributed by atoms with van der Waals surface area (Å²) >= 11 is 0. The molecule has 19 heavy (non-hydrogen) atoms. The minimum absolute atomic E-state index is 0.0495. The monoisotopic (exact) mass is 262 g/mol. The first-order valence-corrected chi connectivity index (χ1v) is 7.43. The van der Waals surface area contributed by atoms with Crippen LogP contribution in [0.3, 0.4) is 0 Å². The maximum absolute atomic E-state index is 5.95. The molecule has 1 unspecified atom stereocenters. The zero-order valence-corrected chi connectivity index (χ0v) is 12.4. The van der Waals surface area contributed by atoms with Crippen LogP contribution in [0, 0.1) is 6.92 Å². The Bertz CT molecular complexity index is 382. The van der Waals surface area contributed by atoms with Crippen LogP contribution in [0.1, 0.15) is 56.3 Å². The smallest absolute Gasteiger partial charge is 0.0873 e. The Morgan fingerprint density at radius 2 is 2.11 bits per heavy atom. The van der Waals surface area contributed by atoms with E-state index < -0.39 is 0 Å². The maximum Gasteiger partial charge on any atom is 0.0873 e. The molecular formula is C16H26N2O. The quantitative estimate of drug-likeness (QED) is 0.853. The van der Waals surface area contributed by atoms with Gasteiger partial charge in [-0.1, -0.05) is 25.8 Å². The second-order valence-corrected chi connectivity index (χ2v) is 5.60. The molecule has 0 aliphatic heterocycles. The first-order valence-electron chi connectivity index (χ1n) is 7.43. The van der Waals surface area contributed by atoms with Crippen molar-refractivity contribution in [3.63, 3.8) is 0 Å². The lowest BCUT2D eigenvalue weighted by Gasteiger charge is -2.37. The average Bonchev–Trinajstić information content (AvgIpc) is 2.91. The van der Waals surface area contributed by atoms with E-state index in [0.29, 0.717) is 0 Å². The molecule has 1 heterocycles. The molecule has 106 valence electrons. The number of rotatable bonds is 6. The van der Waals surface area contributed by atoms with E-state index in [2.05, 4.69) is 29.4 Å². The van der Waals surface area contributed by atoms with Gasteiger partial charge in [-0.3, -0.25) is 4.98 Å². The van der Waals surface area contributed by atoms with Crippen LogP contribution in [0.5, 0.6) is 0 Å². The molecule has 1 aliphatic rings. The van der Waals surface area contributed by atoms with E-state index in [1.165, 1.54) is 18.4 Å². The number of pyridine rings is 1. The zero-order valence-electron chi connectivity index (χ0n) is 12.4. The van der Waals surface area contributed by atoms with Crippen LogP contribution in [-0.2, 0) is 4.74 Å². The molecule has 1 aromatic heterocycles. The van der Waals surface area contributed by atoms with Crippen molar-refractivity contribution in [1.82, 2.24) is 10.3 Å². The molecule has 1 aromatic rings. The minimum Gasteiger partial charge on any atom is -0.376 e. The van der Waals surface area contributed by atoms with Crippen molar-refractivity contribution in [1.29, 1.82) is 0 Å². The summed E-state index contributed by atoms with van der Waals surface area (Å²) < 4.78 is 5.95. The van der Waals surface area contributed by atoms with Gasteiger partial charge in [-0.25, -0.2) is 0 Å². The lowest BCUT2D eigenvalue weighted by molar-refractivity contribution is -0.0368. The molecule has 0 spiro atoms. The van der Waals surface area contributed by atoms with E-state index >= 15 is 0 Å². The fourth-order valence-corrected chi connectivity index (χ4v) is 3.13. The lowest BCUT2D eigenvalue weighted by atomic mass is 9.87. The number of aryl methyl sites for hydroxylation is 1. The Hall–Kier alpha value is -0.930. The average molecular weight is 262 g/mol. The van der Waals surface area contributed by atoms with Crippen molar-refractivity contribution in [3.8, 4) is 0 Å². The molecular weight excluding hydrogens is 236 g/mol. The third kappa shape index (κ3) is 3.15. The predicted molar refractivity (Wildman–Crippen MR) is 78.2 cm³/mol. The topological polar surface area (TPSA) is 34.2 Å². The Labute approximate surface area is 116 Å². The number of hydrogen-bond acceptors (Lipinski definition) is 3. The van der Waals surface area contributed by atoms with Crippen LogP contribution in [0.25, 0.3) is 0 Å². The summed E-state index contributed by atoms with van der Waals surface area (Å²) in [6.45, 7) is 5.25. The molecule has 0 amide bonds. The second kappa shape index (κ2) is 6.49. The molecule has 2 rings (SSSR count). The first-order chi connectivity index (χ1) is 9.22. The Balaban J connectivity index is 2.26. The normalized spacial score (nSPS) is 19.5. The Morgan fingerprint density at radius 1 is 1.37 bits per heavy atom. The molecule has 0 bridgehead atoms. The largest absolute Gasteiger partial charge is 0.376 e. The van der Waals surface area contributed by atoms with Crippen LogP contribution in [-0.4, -0.2) is 24.2 Å². The number of methoxy groups -OCH3 is 1. The van der Waals surface area contributed by atoms with Gasteiger partial charge in [-0.05, 0) is 44.4 Å². The Morgan fingerprint density at radius 3 is 2.63 bits per heavy atom. The SMILES string of the molecule is CCCNC(c1ccc(C)nc1)C1(OC)CCCC1. The van der Waals surface area contributed by atoms with E-state index in [-0.39, 0.29) is 11.6 Å². The predicted octanol–water partition coefficient (Wildman–Crippen LogP) is 3.39. The van der Waals surface area contributed by atoms with Crippen molar-refractivity contribution in [2.45, 2.75) is 57.6 Å². The van der Waals surface area contributed by atoms with Gasteiger partial charge in [-0.15, -0.1) is 0 Å². The highest BCUT2D eigenvalue weighted by atomic mass is 16.5. The van der Waals surface area contributed by atoms with Gasteiger partial charge in [0.1, 0.15) is 0 Å². The van der Waals surface area contributed by atoms with E-state index in [0.717, 1.165) is 31.5 Å². The summed E-state index contributed by atoms with van der Waals surface area (Å²) in [6.07, 6.45) is 7.93. The standard InChI is InChI=1S/C16H26N2O/c1-4-11-17-15(14-8-7-13(2)18-12-14)16(19-3)9-5-6-10-16/h7-8,12,15,17H,4-6,9-11H2,1-3H3. The van der Waals surface area contributed by atoms with Crippen molar-refractivity contribution in [3.05, 3.63) is 29.6 Å². The van der Waals surface area contributed by atoms with Gasteiger partial charge < -0.3 is 10.1 Å². The molecule has 1 aliphatic carbocycles. The minimum atomic E-state index is -0.0495. The number of nitrogens with one attached hydrogen (secondary N) is 1. The second-order valence-electron chi connectivity index (χ2n) is 5.60. The fraction of sp³-hybridized carbons (Fsp3) is 0.688. The summed E-state index contributed by atoms with van der Waals surface area (Å²) in [5.74, 6) is 0. The maximum atomic E-state index is 5.95. The number of hydrogen-bond donors (Lipinski definition) is 1. The summed E-state index contributed by atoms with van der Waals surface area (Å²) in [4.78, 5) is 4.45. The molecule has 0 radical (unpaired) electrons. The highest BCUT2D eigenvalue weighted by molar-refractivity contribution is 5.22. The molecule has 1 saturated carbocycles. The molecule has 3 heteroatoms. The van der Waals surface area contributed by atoms with E-state index in [1.807, 2.05) is 20.2 Å². The zero-order chi connectivity index (χ0) is 13.7. The van der Waals surface area contributed by atoms with Gasteiger partial charge in [0.25, 0.3) is 0 Å². The highest BCUT2D eigenvalue weighted by Crippen LogP contribution is 2.42. The first kappa shape index (κ1) is 14.5. The number of ether oxygens (including phenoxy) is 1. The van der Waals surface area contributed by atoms with Crippen molar-refractivity contribution >= 4 is 0 Å². The lowest BCUT2D eigenvalue weighted by Crippen LogP contribution is -2.44. The fourth-order valence-electron chi connectivity index (χ4n) is 3.13. The number of aromatic nitrogens is 1.